The molecule has 2 N–H and O–H groups in total. The van der Waals surface area contributed by atoms with Crippen molar-refractivity contribution in [2.75, 3.05) is 0 Å². The van der Waals surface area contributed by atoms with Crippen molar-refractivity contribution in [3.05, 3.63) is 52.5 Å². The van der Waals surface area contributed by atoms with Gasteiger partial charge in [0.05, 0.1) is 6.04 Å². The molecule has 0 spiro atoms. The Labute approximate surface area is 116 Å². The van der Waals surface area contributed by atoms with E-state index in [1.54, 1.807) is 6.20 Å². The lowest BCUT2D eigenvalue weighted by molar-refractivity contribution is 0.440. The van der Waals surface area contributed by atoms with Crippen LogP contribution >= 0.6 is 15.9 Å². The summed E-state index contributed by atoms with van der Waals surface area (Å²) in [4.78, 5) is 7.50. The SMILES string of the molecule is CCC(NC(C)c1ccccc1Br)c1ncc[nH]1. The van der Waals surface area contributed by atoms with Gasteiger partial charge in [-0.1, -0.05) is 41.1 Å². The largest absolute Gasteiger partial charge is 0.347 e. The van der Waals surface area contributed by atoms with Crippen LogP contribution < -0.4 is 5.32 Å². The first-order valence-corrected chi connectivity index (χ1v) is 7.01. The van der Waals surface area contributed by atoms with Gasteiger partial charge in [0.15, 0.2) is 0 Å². The molecule has 4 heteroatoms. The van der Waals surface area contributed by atoms with Crippen LogP contribution in [0.1, 0.15) is 43.7 Å². The normalized spacial score (nSPS) is 14.4. The van der Waals surface area contributed by atoms with Gasteiger partial charge < -0.3 is 10.3 Å². The Morgan fingerprint density at radius 3 is 2.78 bits per heavy atom. The molecule has 1 aromatic heterocycles. The molecule has 18 heavy (non-hydrogen) atoms. The van der Waals surface area contributed by atoms with Crippen molar-refractivity contribution in [2.45, 2.75) is 32.4 Å². The molecule has 0 amide bonds. The smallest absolute Gasteiger partial charge is 0.123 e. The van der Waals surface area contributed by atoms with Gasteiger partial charge in [-0.15, -0.1) is 0 Å². The maximum Gasteiger partial charge on any atom is 0.123 e. The van der Waals surface area contributed by atoms with Gasteiger partial charge in [0.25, 0.3) is 0 Å². The Kier molecular flexibility index (Phi) is 4.55. The Hall–Kier alpha value is -1.13. The van der Waals surface area contributed by atoms with Crippen molar-refractivity contribution < 1.29 is 0 Å². The van der Waals surface area contributed by atoms with E-state index in [2.05, 4.69) is 63.3 Å². The van der Waals surface area contributed by atoms with Crippen LogP contribution in [0.4, 0.5) is 0 Å². The van der Waals surface area contributed by atoms with Crippen LogP contribution in [0.25, 0.3) is 0 Å². The summed E-state index contributed by atoms with van der Waals surface area (Å²) in [6.07, 6.45) is 4.66. The van der Waals surface area contributed by atoms with Gasteiger partial charge in [-0.25, -0.2) is 4.98 Å². The fraction of sp³-hybridized carbons (Fsp3) is 0.357. The van der Waals surface area contributed by atoms with Crippen LogP contribution in [-0.4, -0.2) is 9.97 Å². The molecule has 2 atom stereocenters. The van der Waals surface area contributed by atoms with Crippen LogP contribution in [0.2, 0.25) is 0 Å². The fourth-order valence-electron chi connectivity index (χ4n) is 2.08. The van der Waals surface area contributed by atoms with E-state index in [0.717, 1.165) is 16.7 Å². The fourth-order valence-corrected chi connectivity index (χ4v) is 2.70. The number of nitrogens with one attached hydrogen (secondary N) is 2. The third kappa shape index (κ3) is 3.00. The number of imidazole rings is 1. The molecule has 0 fully saturated rings. The summed E-state index contributed by atoms with van der Waals surface area (Å²) in [5, 5.41) is 3.60. The zero-order valence-corrected chi connectivity index (χ0v) is 12.2. The van der Waals surface area contributed by atoms with Crippen LogP contribution in [0, 0.1) is 0 Å². The number of rotatable bonds is 5. The monoisotopic (exact) mass is 307 g/mol. The molecule has 0 aliphatic heterocycles. The molecule has 3 nitrogen and oxygen atoms in total. The number of H-pyrrole nitrogens is 1. The molecule has 2 rings (SSSR count). The first kappa shape index (κ1) is 13.3. The van der Waals surface area contributed by atoms with E-state index in [1.165, 1.54) is 5.56 Å². The number of benzene rings is 1. The molecule has 0 aliphatic carbocycles. The highest BCUT2D eigenvalue weighted by Gasteiger charge is 2.16. The predicted octanol–water partition coefficient (Wildman–Crippen LogP) is 3.97. The van der Waals surface area contributed by atoms with Gasteiger partial charge in [0, 0.05) is 22.9 Å². The predicted molar refractivity (Wildman–Crippen MR) is 77.3 cm³/mol. The summed E-state index contributed by atoms with van der Waals surface area (Å²) in [6, 6.07) is 8.83. The minimum absolute atomic E-state index is 0.252. The molecule has 0 saturated heterocycles. The highest BCUT2D eigenvalue weighted by Crippen LogP contribution is 2.25. The van der Waals surface area contributed by atoms with E-state index in [4.69, 9.17) is 0 Å². The number of nitrogens with zero attached hydrogens (tertiary/aromatic N) is 1. The van der Waals surface area contributed by atoms with Gasteiger partial charge in [0.1, 0.15) is 5.82 Å². The molecule has 2 unspecified atom stereocenters. The first-order chi connectivity index (χ1) is 8.72. The number of hydrogen-bond acceptors (Lipinski definition) is 2. The second-order valence-electron chi connectivity index (χ2n) is 4.35. The maximum absolute atomic E-state index is 4.33. The zero-order chi connectivity index (χ0) is 13.0. The van der Waals surface area contributed by atoms with Crippen molar-refractivity contribution in [3.8, 4) is 0 Å². The minimum atomic E-state index is 0.252. The zero-order valence-electron chi connectivity index (χ0n) is 10.7. The number of halogens is 1. The Bertz CT molecular complexity index is 482. The molecular formula is C14H18BrN3. The Morgan fingerprint density at radius 2 is 2.17 bits per heavy atom. The minimum Gasteiger partial charge on any atom is -0.347 e. The van der Waals surface area contributed by atoms with Crippen molar-refractivity contribution >= 4 is 15.9 Å². The van der Waals surface area contributed by atoms with Gasteiger partial charge in [-0.3, -0.25) is 0 Å². The summed E-state index contributed by atoms with van der Waals surface area (Å²) < 4.78 is 1.14. The molecular weight excluding hydrogens is 290 g/mol. The highest BCUT2D eigenvalue weighted by atomic mass is 79.9. The molecule has 0 bridgehead atoms. The lowest BCUT2D eigenvalue weighted by atomic mass is 10.1. The van der Waals surface area contributed by atoms with Gasteiger partial charge in [-0.05, 0) is 25.0 Å². The third-order valence-corrected chi connectivity index (χ3v) is 3.80. The molecule has 96 valence electrons. The van der Waals surface area contributed by atoms with E-state index in [1.807, 2.05) is 12.3 Å². The molecule has 0 saturated carbocycles. The van der Waals surface area contributed by atoms with Gasteiger partial charge in [0.2, 0.25) is 0 Å². The highest BCUT2D eigenvalue weighted by molar-refractivity contribution is 9.10. The second-order valence-corrected chi connectivity index (χ2v) is 5.20. The Morgan fingerprint density at radius 1 is 1.39 bits per heavy atom. The molecule has 0 aliphatic rings. The number of aromatic nitrogens is 2. The lowest BCUT2D eigenvalue weighted by Crippen LogP contribution is -2.25. The molecule has 1 aromatic carbocycles. The Balaban J connectivity index is 2.11. The van der Waals surface area contributed by atoms with Crippen LogP contribution in [0.15, 0.2) is 41.1 Å². The van der Waals surface area contributed by atoms with E-state index in [0.29, 0.717) is 0 Å². The maximum atomic E-state index is 4.33. The first-order valence-electron chi connectivity index (χ1n) is 6.22. The molecule has 0 radical (unpaired) electrons. The number of hydrogen-bond donors (Lipinski definition) is 2. The summed E-state index contributed by atoms with van der Waals surface area (Å²) in [5.74, 6) is 0.997. The van der Waals surface area contributed by atoms with E-state index in [-0.39, 0.29) is 12.1 Å². The van der Waals surface area contributed by atoms with Crippen molar-refractivity contribution in [2.24, 2.45) is 0 Å². The quantitative estimate of drug-likeness (QED) is 0.877. The van der Waals surface area contributed by atoms with Crippen molar-refractivity contribution in [3.63, 3.8) is 0 Å². The van der Waals surface area contributed by atoms with E-state index >= 15 is 0 Å². The van der Waals surface area contributed by atoms with Crippen LogP contribution in [0.5, 0.6) is 0 Å². The summed E-state index contributed by atoms with van der Waals surface area (Å²) in [5.41, 5.74) is 1.27. The summed E-state index contributed by atoms with van der Waals surface area (Å²) >= 11 is 3.59. The van der Waals surface area contributed by atoms with Gasteiger partial charge >= 0.3 is 0 Å². The number of aromatic amines is 1. The molecule has 1 heterocycles. The molecule has 2 aromatic rings. The third-order valence-electron chi connectivity index (χ3n) is 3.08. The lowest BCUT2D eigenvalue weighted by Gasteiger charge is -2.22. The average Bonchev–Trinajstić information content (AvgIpc) is 2.90. The van der Waals surface area contributed by atoms with E-state index in [9.17, 15) is 0 Å². The van der Waals surface area contributed by atoms with Crippen molar-refractivity contribution in [1.29, 1.82) is 0 Å². The topological polar surface area (TPSA) is 40.7 Å². The summed E-state index contributed by atoms with van der Waals surface area (Å²) in [7, 11) is 0. The van der Waals surface area contributed by atoms with Crippen molar-refractivity contribution in [1.82, 2.24) is 15.3 Å². The average molecular weight is 308 g/mol. The van der Waals surface area contributed by atoms with E-state index < -0.39 is 0 Å². The standard InChI is InChI=1S/C14H18BrN3/c1-3-13(14-16-8-9-17-14)18-10(2)11-6-4-5-7-12(11)15/h4-10,13,18H,3H2,1-2H3,(H,16,17). The van der Waals surface area contributed by atoms with Crippen LogP contribution in [0.3, 0.4) is 0 Å². The summed E-state index contributed by atoms with van der Waals surface area (Å²) in [6.45, 7) is 4.33. The van der Waals surface area contributed by atoms with Gasteiger partial charge in [-0.2, -0.15) is 0 Å². The second kappa shape index (κ2) is 6.16. The van der Waals surface area contributed by atoms with Crippen LogP contribution in [-0.2, 0) is 0 Å².